The maximum Gasteiger partial charge on any atom is 0.265 e. The molecule has 2 aromatic rings. The highest BCUT2D eigenvalue weighted by Gasteiger charge is 2.20. The van der Waals surface area contributed by atoms with E-state index in [2.05, 4.69) is 5.32 Å². The largest absolute Gasteiger partial charge is 0.481 e. The first-order chi connectivity index (χ1) is 11.7. The Morgan fingerprint density at radius 1 is 1.12 bits per heavy atom. The van der Waals surface area contributed by atoms with Crippen LogP contribution in [0.2, 0.25) is 0 Å². The van der Waals surface area contributed by atoms with Crippen LogP contribution >= 0.6 is 0 Å². The smallest absolute Gasteiger partial charge is 0.265 e. The van der Waals surface area contributed by atoms with Crippen molar-refractivity contribution in [3.63, 3.8) is 0 Å². The van der Waals surface area contributed by atoms with E-state index in [0.29, 0.717) is 11.4 Å². The van der Waals surface area contributed by atoms with Crippen molar-refractivity contribution < 1.29 is 17.9 Å². The van der Waals surface area contributed by atoms with Crippen molar-refractivity contribution in [1.82, 2.24) is 4.31 Å². The average molecular weight is 362 g/mol. The maximum absolute atomic E-state index is 12.4. The van der Waals surface area contributed by atoms with Crippen molar-refractivity contribution in [3.8, 4) is 5.75 Å². The van der Waals surface area contributed by atoms with Gasteiger partial charge in [-0.3, -0.25) is 4.79 Å². The number of nitrogens with one attached hydrogen (secondary N) is 1. The second kappa shape index (κ2) is 7.67. The van der Waals surface area contributed by atoms with Crippen molar-refractivity contribution in [2.75, 3.05) is 19.4 Å². The third kappa shape index (κ3) is 4.58. The summed E-state index contributed by atoms with van der Waals surface area (Å²) in [7, 11) is -0.647. The molecule has 0 saturated heterocycles. The van der Waals surface area contributed by atoms with Crippen LogP contribution in [0.4, 0.5) is 5.69 Å². The van der Waals surface area contributed by atoms with Crippen LogP contribution in [0, 0.1) is 6.92 Å². The van der Waals surface area contributed by atoms with Gasteiger partial charge < -0.3 is 10.1 Å². The summed E-state index contributed by atoms with van der Waals surface area (Å²) in [4.78, 5) is 12.5. The highest BCUT2D eigenvalue weighted by atomic mass is 32.2. The zero-order chi connectivity index (χ0) is 18.6. The number of hydrogen-bond donors (Lipinski definition) is 1. The number of carbonyl (C=O) groups is 1. The van der Waals surface area contributed by atoms with Gasteiger partial charge in [0.05, 0.1) is 4.90 Å². The predicted molar refractivity (Wildman–Crippen MR) is 97.2 cm³/mol. The van der Waals surface area contributed by atoms with Gasteiger partial charge in [0.1, 0.15) is 5.75 Å². The Bertz CT molecular complexity index is 849. The lowest BCUT2D eigenvalue weighted by molar-refractivity contribution is -0.122. The predicted octanol–water partition coefficient (Wildman–Crippen LogP) is 2.65. The van der Waals surface area contributed by atoms with E-state index in [1.54, 1.807) is 32.0 Å². The van der Waals surface area contributed by atoms with Gasteiger partial charge in [0.25, 0.3) is 5.91 Å². The van der Waals surface area contributed by atoms with Crippen LogP contribution in [-0.4, -0.2) is 38.8 Å². The van der Waals surface area contributed by atoms with Gasteiger partial charge in [-0.05, 0) is 43.7 Å². The molecule has 1 amide bonds. The van der Waals surface area contributed by atoms with Gasteiger partial charge in [-0.25, -0.2) is 12.7 Å². The van der Waals surface area contributed by atoms with Crippen LogP contribution in [0.1, 0.15) is 12.5 Å². The molecule has 1 atom stereocenters. The minimum absolute atomic E-state index is 0.120. The van der Waals surface area contributed by atoms with Crippen LogP contribution in [0.15, 0.2) is 53.4 Å². The number of nitrogens with zero attached hydrogens (tertiary/aromatic N) is 1. The summed E-state index contributed by atoms with van der Waals surface area (Å²) in [5, 5.41) is 2.73. The van der Waals surface area contributed by atoms with E-state index in [0.717, 1.165) is 9.87 Å². The minimum Gasteiger partial charge on any atom is -0.481 e. The standard InChI is InChI=1S/C18H22N2O4S/c1-13-10-11-16(25(22,23)20(3)4)12-17(13)19-18(21)14(2)24-15-8-6-5-7-9-15/h5-12,14H,1-4H3,(H,19,21)/t14-/m1/s1. The quantitative estimate of drug-likeness (QED) is 0.857. The van der Waals surface area contributed by atoms with Crippen molar-refractivity contribution in [1.29, 1.82) is 0 Å². The number of ether oxygens (including phenoxy) is 1. The maximum atomic E-state index is 12.4. The molecule has 0 bridgehead atoms. The van der Waals surface area contributed by atoms with Crippen LogP contribution in [-0.2, 0) is 14.8 Å². The molecule has 0 spiro atoms. The summed E-state index contributed by atoms with van der Waals surface area (Å²) >= 11 is 0. The fourth-order valence-corrected chi connectivity index (χ4v) is 3.03. The Kier molecular flexibility index (Phi) is 5.81. The molecule has 134 valence electrons. The van der Waals surface area contributed by atoms with E-state index >= 15 is 0 Å². The van der Waals surface area contributed by atoms with Gasteiger partial charge in [-0.15, -0.1) is 0 Å². The lowest BCUT2D eigenvalue weighted by Crippen LogP contribution is -2.30. The van der Waals surface area contributed by atoms with Crippen molar-refractivity contribution >= 4 is 21.6 Å². The molecule has 0 aliphatic heterocycles. The Morgan fingerprint density at radius 3 is 2.36 bits per heavy atom. The molecule has 0 saturated carbocycles. The number of hydrogen-bond acceptors (Lipinski definition) is 4. The second-order valence-corrected chi connectivity index (χ2v) is 7.98. The van der Waals surface area contributed by atoms with Crippen molar-refractivity contribution in [2.24, 2.45) is 0 Å². The number of anilines is 1. The number of benzene rings is 2. The van der Waals surface area contributed by atoms with Gasteiger partial charge in [0, 0.05) is 19.8 Å². The van der Waals surface area contributed by atoms with Gasteiger partial charge in [0.2, 0.25) is 10.0 Å². The third-order valence-corrected chi connectivity index (χ3v) is 5.48. The molecule has 25 heavy (non-hydrogen) atoms. The molecule has 6 nitrogen and oxygen atoms in total. The monoisotopic (exact) mass is 362 g/mol. The number of amides is 1. The first-order valence-electron chi connectivity index (χ1n) is 7.77. The molecule has 0 radical (unpaired) electrons. The Balaban J connectivity index is 2.17. The number of carbonyl (C=O) groups excluding carboxylic acids is 1. The van der Waals surface area contributed by atoms with Gasteiger partial charge >= 0.3 is 0 Å². The lowest BCUT2D eigenvalue weighted by Gasteiger charge is -2.17. The number of aryl methyl sites for hydroxylation is 1. The highest BCUT2D eigenvalue weighted by molar-refractivity contribution is 7.89. The molecule has 7 heteroatoms. The van der Waals surface area contributed by atoms with Gasteiger partial charge in [-0.1, -0.05) is 24.3 Å². The van der Waals surface area contributed by atoms with Crippen LogP contribution in [0.3, 0.4) is 0 Å². The van der Waals surface area contributed by atoms with E-state index in [1.165, 1.54) is 26.2 Å². The van der Waals surface area contributed by atoms with Crippen molar-refractivity contribution in [2.45, 2.75) is 24.8 Å². The Morgan fingerprint density at radius 2 is 1.76 bits per heavy atom. The molecular formula is C18H22N2O4S. The summed E-state index contributed by atoms with van der Waals surface area (Å²) in [6, 6.07) is 13.7. The van der Waals surface area contributed by atoms with Crippen LogP contribution < -0.4 is 10.1 Å². The molecule has 2 rings (SSSR count). The topological polar surface area (TPSA) is 75.7 Å². The zero-order valence-electron chi connectivity index (χ0n) is 14.7. The number of sulfonamides is 1. The molecule has 0 aliphatic rings. The van der Waals surface area contributed by atoms with E-state index in [9.17, 15) is 13.2 Å². The lowest BCUT2D eigenvalue weighted by atomic mass is 10.2. The molecule has 0 heterocycles. The summed E-state index contributed by atoms with van der Waals surface area (Å²) in [5.41, 5.74) is 1.20. The first-order valence-corrected chi connectivity index (χ1v) is 9.21. The number of rotatable bonds is 6. The highest BCUT2D eigenvalue weighted by Crippen LogP contribution is 2.22. The molecule has 0 fully saturated rings. The summed E-state index contributed by atoms with van der Waals surface area (Å²) < 4.78 is 31.2. The molecule has 1 N–H and O–H groups in total. The normalized spacial score (nSPS) is 12.7. The van der Waals surface area contributed by atoms with Crippen LogP contribution in [0.5, 0.6) is 5.75 Å². The van der Waals surface area contributed by atoms with E-state index < -0.39 is 16.1 Å². The molecule has 0 aliphatic carbocycles. The average Bonchev–Trinajstić information content (AvgIpc) is 2.57. The zero-order valence-corrected chi connectivity index (χ0v) is 15.5. The van der Waals surface area contributed by atoms with Gasteiger partial charge in [-0.2, -0.15) is 0 Å². The van der Waals surface area contributed by atoms with Gasteiger partial charge in [0.15, 0.2) is 6.10 Å². The molecular weight excluding hydrogens is 340 g/mol. The molecule has 0 unspecified atom stereocenters. The van der Waals surface area contributed by atoms with E-state index in [4.69, 9.17) is 4.74 Å². The fraction of sp³-hybridized carbons (Fsp3) is 0.278. The van der Waals surface area contributed by atoms with Crippen molar-refractivity contribution in [3.05, 3.63) is 54.1 Å². The third-order valence-electron chi connectivity index (χ3n) is 3.67. The fourth-order valence-electron chi connectivity index (χ4n) is 2.10. The SMILES string of the molecule is Cc1ccc(S(=O)(=O)N(C)C)cc1NC(=O)[C@@H](C)Oc1ccccc1. The number of para-hydroxylation sites is 1. The molecule has 0 aromatic heterocycles. The summed E-state index contributed by atoms with van der Waals surface area (Å²) in [5.74, 6) is 0.233. The van der Waals surface area contributed by atoms with Crippen LogP contribution in [0.25, 0.3) is 0 Å². The summed E-state index contributed by atoms with van der Waals surface area (Å²) in [6.45, 7) is 3.43. The molecule has 2 aromatic carbocycles. The second-order valence-electron chi connectivity index (χ2n) is 5.83. The Labute approximate surface area is 148 Å². The van der Waals surface area contributed by atoms with E-state index in [-0.39, 0.29) is 10.8 Å². The summed E-state index contributed by atoms with van der Waals surface area (Å²) in [6.07, 6.45) is -0.726. The Hall–Kier alpha value is -2.38. The van der Waals surface area contributed by atoms with E-state index in [1.807, 2.05) is 18.2 Å². The minimum atomic E-state index is -3.57. The first kappa shape index (κ1) is 19.0.